The first-order valence-corrected chi connectivity index (χ1v) is 4.93. The molecule has 0 saturated heterocycles. The number of hydrogen-bond donors (Lipinski definition) is 1. The van der Waals surface area contributed by atoms with Crippen molar-refractivity contribution in [2.45, 2.75) is 0 Å². The first-order chi connectivity index (χ1) is 6.79. The summed E-state index contributed by atoms with van der Waals surface area (Å²) in [5.74, 6) is 0. The second-order valence-electron chi connectivity index (χ2n) is 2.94. The molecule has 0 radical (unpaired) electrons. The van der Waals surface area contributed by atoms with Gasteiger partial charge in [-0.2, -0.15) is 5.26 Å². The van der Waals surface area contributed by atoms with Crippen molar-refractivity contribution < 1.29 is 0 Å². The Morgan fingerprint density at radius 3 is 2.57 bits per heavy atom. The normalized spacial score (nSPS) is 9.71. The minimum atomic E-state index is 0.822. The molecule has 68 valence electrons. The standard InChI is InChI=1S/C11H7BrN2/c12-10-3-1-9-6-11(14-7-13)4-2-8(9)5-10/h1-6,14H. The van der Waals surface area contributed by atoms with Gasteiger partial charge in [0.25, 0.3) is 0 Å². The van der Waals surface area contributed by atoms with Gasteiger partial charge >= 0.3 is 0 Å². The van der Waals surface area contributed by atoms with Crippen LogP contribution < -0.4 is 5.32 Å². The smallest absolute Gasteiger partial charge is 0.181 e. The molecule has 0 atom stereocenters. The van der Waals surface area contributed by atoms with Gasteiger partial charge in [0, 0.05) is 10.2 Å². The summed E-state index contributed by atoms with van der Waals surface area (Å²) in [7, 11) is 0. The topological polar surface area (TPSA) is 35.8 Å². The average molecular weight is 247 g/mol. The Morgan fingerprint density at radius 1 is 1.07 bits per heavy atom. The second kappa shape index (κ2) is 3.69. The molecule has 2 aromatic rings. The van der Waals surface area contributed by atoms with Crippen LogP contribution in [0.3, 0.4) is 0 Å². The number of halogens is 1. The quantitative estimate of drug-likeness (QED) is 0.618. The molecule has 0 aliphatic heterocycles. The molecule has 2 nitrogen and oxygen atoms in total. The molecule has 0 fully saturated rings. The highest BCUT2D eigenvalue weighted by Gasteiger charge is 1.96. The van der Waals surface area contributed by atoms with Crippen molar-refractivity contribution in [3.8, 4) is 6.19 Å². The molecule has 0 heterocycles. The summed E-state index contributed by atoms with van der Waals surface area (Å²) in [5.41, 5.74) is 0.822. The summed E-state index contributed by atoms with van der Waals surface area (Å²) < 4.78 is 1.06. The summed E-state index contributed by atoms with van der Waals surface area (Å²) in [5, 5.41) is 13.3. The summed E-state index contributed by atoms with van der Waals surface area (Å²) in [6, 6.07) is 11.9. The Balaban J connectivity index is 2.57. The van der Waals surface area contributed by atoms with Gasteiger partial charge in [-0.3, -0.25) is 5.32 Å². The lowest BCUT2D eigenvalue weighted by molar-refractivity contribution is 1.47. The van der Waals surface area contributed by atoms with E-state index in [0.717, 1.165) is 20.9 Å². The average Bonchev–Trinajstić information content (AvgIpc) is 2.19. The molecule has 3 heteroatoms. The number of anilines is 1. The van der Waals surface area contributed by atoms with Gasteiger partial charge in [0.1, 0.15) is 0 Å². The Morgan fingerprint density at radius 2 is 1.79 bits per heavy atom. The van der Waals surface area contributed by atoms with Crippen LogP contribution in [0.15, 0.2) is 40.9 Å². The number of rotatable bonds is 1. The van der Waals surface area contributed by atoms with Crippen LogP contribution in [-0.4, -0.2) is 0 Å². The molecule has 2 rings (SSSR count). The highest BCUT2D eigenvalue weighted by molar-refractivity contribution is 9.10. The molecule has 2 aromatic carbocycles. The Kier molecular flexibility index (Phi) is 2.38. The zero-order valence-electron chi connectivity index (χ0n) is 7.29. The lowest BCUT2D eigenvalue weighted by Gasteiger charge is -2.01. The third-order valence-corrected chi connectivity index (χ3v) is 2.50. The van der Waals surface area contributed by atoms with E-state index in [-0.39, 0.29) is 0 Å². The maximum Gasteiger partial charge on any atom is 0.181 e. The van der Waals surface area contributed by atoms with Crippen LogP contribution in [-0.2, 0) is 0 Å². The van der Waals surface area contributed by atoms with E-state index in [9.17, 15) is 0 Å². The SMILES string of the molecule is N#CNc1ccc2cc(Br)ccc2c1. The van der Waals surface area contributed by atoms with Crippen LogP contribution in [0, 0.1) is 11.5 Å². The van der Waals surface area contributed by atoms with Gasteiger partial charge in [0.05, 0.1) is 0 Å². The molecule has 0 aromatic heterocycles. The fraction of sp³-hybridized carbons (Fsp3) is 0. The van der Waals surface area contributed by atoms with Crippen molar-refractivity contribution in [1.29, 1.82) is 5.26 Å². The van der Waals surface area contributed by atoms with E-state index in [0.29, 0.717) is 0 Å². The van der Waals surface area contributed by atoms with Gasteiger partial charge in [0.15, 0.2) is 6.19 Å². The van der Waals surface area contributed by atoms with E-state index < -0.39 is 0 Å². The lowest BCUT2D eigenvalue weighted by Crippen LogP contribution is -1.86. The van der Waals surface area contributed by atoms with Gasteiger partial charge in [-0.15, -0.1) is 0 Å². The van der Waals surface area contributed by atoms with Gasteiger partial charge in [-0.25, -0.2) is 0 Å². The number of nitrogens with one attached hydrogen (secondary N) is 1. The maximum absolute atomic E-state index is 8.47. The Hall–Kier alpha value is -1.53. The Bertz CT molecular complexity index is 514. The van der Waals surface area contributed by atoms with Crippen molar-refractivity contribution in [1.82, 2.24) is 0 Å². The third kappa shape index (κ3) is 1.70. The van der Waals surface area contributed by atoms with Crippen molar-refractivity contribution in [2.75, 3.05) is 5.32 Å². The van der Waals surface area contributed by atoms with E-state index in [1.807, 2.05) is 42.6 Å². The summed E-state index contributed by atoms with van der Waals surface area (Å²) in [6.07, 6.45) is 1.90. The molecule has 0 amide bonds. The fourth-order valence-corrected chi connectivity index (χ4v) is 1.74. The van der Waals surface area contributed by atoms with Gasteiger partial charge < -0.3 is 0 Å². The van der Waals surface area contributed by atoms with Crippen molar-refractivity contribution >= 4 is 32.4 Å². The minimum absolute atomic E-state index is 0.822. The zero-order chi connectivity index (χ0) is 9.97. The predicted octanol–water partition coefficient (Wildman–Crippen LogP) is 3.50. The molecular weight excluding hydrogens is 240 g/mol. The first kappa shape index (κ1) is 9.04. The molecule has 0 aliphatic rings. The molecule has 0 spiro atoms. The predicted molar refractivity (Wildman–Crippen MR) is 60.9 cm³/mol. The molecular formula is C11H7BrN2. The van der Waals surface area contributed by atoms with Crippen molar-refractivity contribution in [3.05, 3.63) is 40.9 Å². The van der Waals surface area contributed by atoms with Crippen molar-refractivity contribution in [2.24, 2.45) is 0 Å². The van der Waals surface area contributed by atoms with Crippen LogP contribution in [0.5, 0.6) is 0 Å². The Labute approximate surface area is 90.3 Å². The van der Waals surface area contributed by atoms with Crippen LogP contribution in [0.4, 0.5) is 5.69 Å². The van der Waals surface area contributed by atoms with Crippen LogP contribution in [0.2, 0.25) is 0 Å². The summed E-state index contributed by atoms with van der Waals surface area (Å²) in [4.78, 5) is 0. The number of hydrogen-bond acceptors (Lipinski definition) is 2. The lowest BCUT2D eigenvalue weighted by atomic mass is 10.1. The molecule has 0 saturated carbocycles. The third-order valence-electron chi connectivity index (χ3n) is 2.00. The molecule has 0 bridgehead atoms. The molecule has 0 aliphatic carbocycles. The minimum Gasteiger partial charge on any atom is -0.293 e. The van der Waals surface area contributed by atoms with Gasteiger partial charge in [0.2, 0.25) is 0 Å². The van der Waals surface area contributed by atoms with Gasteiger partial charge in [-0.05, 0) is 35.0 Å². The van der Waals surface area contributed by atoms with E-state index in [2.05, 4.69) is 21.2 Å². The van der Waals surface area contributed by atoms with Gasteiger partial charge in [-0.1, -0.05) is 28.1 Å². The van der Waals surface area contributed by atoms with Crippen molar-refractivity contribution in [3.63, 3.8) is 0 Å². The van der Waals surface area contributed by atoms with E-state index >= 15 is 0 Å². The zero-order valence-corrected chi connectivity index (χ0v) is 8.88. The molecule has 0 unspecified atom stereocenters. The van der Waals surface area contributed by atoms with E-state index in [4.69, 9.17) is 5.26 Å². The van der Waals surface area contributed by atoms with Crippen LogP contribution >= 0.6 is 15.9 Å². The van der Waals surface area contributed by atoms with Crippen LogP contribution in [0.1, 0.15) is 0 Å². The number of nitriles is 1. The highest BCUT2D eigenvalue weighted by atomic mass is 79.9. The van der Waals surface area contributed by atoms with E-state index in [1.165, 1.54) is 0 Å². The first-order valence-electron chi connectivity index (χ1n) is 4.14. The monoisotopic (exact) mass is 246 g/mol. The summed E-state index contributed by atoms with van der Waals surface area (Å²) >= 11 is 3.41. The molecule has 14 heavy (non-hydrogen) atoms. The number of benzene rings is 2. The fourth-order valence-electron chi connectivity index (χ4n) is 1.36. The van der Waals surface area contributed by atoms with E-state index in [1.54, 1.807) is 0 Å². The largest absolute Gasteiger partial charge is 0.293 e. The second-order valence-corrected chi connectivity index (χ2v) is 3.86. The maximum atomic E-state index is 8.47. The molecule has 1 N–H and O–H groups in total. The highest BCUT2D eigenvalue weighted by Crippen LogP contribution is 2.22. The van der Waals surface area contributed by atoms with Crippen LogP contribution in [0.25, 0.3) is 10.8 Å². The summed E-state index contributed by atoms with van der Waals surface area (Å²) in [6.45, 7) is 0. The number of nitrogens with zero attached hydrogens (tertiary/aromatic N) is 1. The number of fused-ring (bicyclic) bond motifs is 1.